The van der Waals surface area contributed by atoms with Gasteiger partial charge in [-0.3, -0.25) is 4.79 Å². The Morgan fingerprint density at radius 2 is 2.19 bits per heavy atom. The van der Waals surface area contributed by atoms with Crippen molar-refractivity contribution in [3.05, 3.63) is 29.8 Å². The van der Waals surface area contributed by atoms with Gasteiger partial charge in [-0.25, -0.2) is 0 Å². The van der Waals surface area contributed by atoms with Crippen LogP contribution in [0.5, 0.6) is 0 Å². The van der Waals surface area contributed by atoms with Crippen molar-refractivity contribution in [1.82, 2.24) is 0 Å². The Kier molecular flexibility index (Phi) is 4.79. The summed E-state index contributed by atoms with van der Waals surface area (Å²) >= 11 is 0.986. The van der Waals surface area contributed by atoms with Gasteiger partial charge in [0.05, 0.1) is 6.10 Å². The van der Waals surface area contributed by atoms with Gasteiger partial charge in [-0.2, -0.15) is 0 Å². The third-order valence-electron chi connectivity index (χ3n) is 2.07. The molecule has 2 atom stereocenters. The number of carbonyl (C=O) groups is 1. The number of aliphatic hydroxyl groups is 2. The molecule has 0 amide bonds. The highest BCUT2D eigenvalue weighted by molar-refractivity contribution is 8.13. The van der Waals surface area contributed by atoms with E-state index in [1.165, 1.54) is 6.92 Å². The molecule has 0 aliphatic heterocycles. The van der Waals surface area contributed by atoms with Crippen LogP contribution in [-0.2, 0) is 4.79 Å². The van der Waals surface area contributed by atoms with Gasteiger partial charge >= 0.3 is 0 Å². The maximum absolute atomic E-state index is 10.7. The summed E-state index contributed by atoms with van der Waals surface area (Å²) in [6.45, 7) is 1.42. The average molecular weight is 241 g/mol. The zero-order valence-corrected chi connectivity index (χ0v) is 9.78. The van der Waals surface area contributed by atoms with Crippen LogP contribution in [0.1, 0.15) is 18.6 Å². The van der Waals surface area contributed by atoms with E-state index in [2.05, 4.69) is 0 Å². The van der Waals surface area contributed by atoms with Gasteiger partial charge in [0.15, 0.2) is 5.12 Å². The molecular weight excluding hydrogens is 226 g/mol. The van der Waals surface area contributed by atoms with Crippen molar-refractivity contribution in [1.29, 1.82) is 0 Å². The standard InChI is InChI=1S/C11H15NO3S/c1-7(13)16-6-10(14)11(15)8-3-2-4-9(12)5-8/h2-5,10-11,14-15H,6,12H2,1H3. The molecule has 4 N–H and O–H groups in total. The number of nitrogens with two attached hydrogens (primary N) is 1. The Hall–Kier alpha value is -1.04. The summed E-state index contributed by atoms with van der Waals surface area (Å²) in [7, 11) is 0. The third-order valence-corrected chi connectivity index (χ3v) is 2.99. The summed E-state index contributed by atoms with van der Waals surface area (Å²) in [4.78, 5) is 10.7. The molecule has 0 aromatic heterocycles. The molecule has 0 fully saturated rings. The summed E-state index contributed by atoms with van der Waals surface area (Å²) in [5, 5.41) is 19.4. The molecule has 0 bridgehead atoms. The zero-order chi connectivity index (χ0) is 12.1. The smallest absolute Gasteiger partial charge is 0.185 e. The normalized spacial score (nSPS) is 14.4. The minimum atomic E-state index is -1.02. The van der Waals surface area contributed by atoms with Gasteiger partial charge in [-0.05, 0) is 17.7 Å². The topological polar surface area (TPSA) is 83.5 Å². The van der Waals surface area contributed by atoms with Crippen molar-refractivity contribution in [3.8, 4) is 0 Å². The predicted molar refractivity (Wildman–Crippen MR) is 65.0 cm³/mol. The van der Waals surface area contributed by atoms with Crippen LogP contribution >= 0.6 is 11.8 Å². The fourth-order valence-corrected chi connectivity index (χ4v) is 1.85. The summed E-state index contributed by atoms with van der Waals surface area (Å²) in [6, 6.07) is 6.70. The first-order chi connectivity index (χ1) is 7.50. The molecule has 1 rings (SSSR count). The van der Waals surface area contributed by atoms with Crippen molar-refractivity contribution >= 4 is 22.6 Å². The third kappa shape index (κ3) is 3.84. The lowest BCUT2D eigenvalue weighted by Crippen LogP contribution is -2.21. The number of thioether (sulfide) groups is 1. The van der Waals surface area contributed by atoms with Gasteiger partial charge in [0, 0.05) is 18.4 Å². The quantitative estimate of drug-likeness (QED) is 0.683. The van der Waals surface area contributed by atoms with Crippen LogP contribution in [-0.4, -0.2) is 27.2 Å². The van der Waals surface area contributed by atoms with Crippen molar-refractivity contribution < 1.29 is 15.0 Å². The molecule has 88 valence electrons. The van der Waals surface area contributed by atoms with E-state index in [0.29, 0.717) is 11.3 Å². The highest BCUT2D eigenvalue weighted by Gasteiger charge is 2.19. The SMILES string of the molecule is CC(=O)SCC(O)C(O)c1cccc(N)c1. The highest BCUT2D eigenvalue weighted by atomic mass is 32.2. The Morgan fingerprint density at radius 1 is 1.50 bits per heavy atom. The number of carbonyl (C=O) groups excluding carboxylic acids is 1. The molecule has 4 nitrogen and oxygen atoms in total. The molecular formula is C11H15NO3S. The van der Waals surface area contributed by atoms with Gasteiger partial charge < -0.3 is 15.9 Å². The van der Waals surface area contributed by atoms with E-state index in [4.69, 9.17) is 5.73 Å². The van der Waals surface area contributed by atoms with Gasteiger partial charge in [0.25, 0.3) is 0 Å². The monoisotopic (exact) mass is 241 g/mol. The molecule has 16 heavy (non-hydrogen) atoms. The Morgan fingerprint density at radius 3 is 2.75 bits per heavy atom. The zero-order valence-electron chi connectivity index (χ0n) is 8.96. The first-order valence-electron chi connectivity index (χ1n) is 4.85. The molecule has 0 aliphatic rings. The molecule has 0 saturated carbocycles. The van der Waals surface area contributed by atoms with E-state index in [9.17, 15) is 15.0 Å². The Balaban J connectivity index is 2.62. The van der Waals surface area contributed by atoms with Crippen LogP contribution in [0.15, 0.2) is 24.3 Å². The second-order valence-corrected chi connectivity index (χ2v) is 4.68. The minimum absolute atomic E-state index is 0.0844. The van der Waals surface area contributed by atoms with Gasteiger partial charge in [0.2, 0.25) is 0 Å². The number of aliphatic hydroxyl groups excluding tert-OH is 2. The van der Waals surface area contributed by atoms with E-state index < -0.39 is 12.2 Å². The van der Waals surface area contributed by atoms with Crippen LogP contribution in [0.3, 0.4) is 0 Å². The lowest BCUT2D eigenvalue weighted by atomic mass is 10.1. The Bertz CT molecular complexity index is 370. The fraction of sp³-hybridized carbons (Fsp3) is 0.364. The molecule has 0 heterocycles. The number of anilines is 1. The van der Waals surface area contributed by atoms with Crippen LogP contribution < -0.4 is 5.73 Å². The van der Waals surface area contributed by atoms with Crippen molar-refractivity contribution in [2.45, 2.75) is 19.1 Å². The highest BCUT2D eigenvalue weighted by Crippen LogP contribution is 2.21. The largest absolute Gasteiger partial charge is 0.399 e. The van der Waals surface area contributed by atoms with Crippen molar-refractivity contribution in [3.63, 3.8) is 0 Å². The molecule has 1 aromatic carbocycles. The van der Waals surface area contributed by atoms with Crippen LogP contribution in [0.2, 0.25) is 0 Å². The molecule has 2 unspecified atom stereocenters. The molecule has 0 radical (unpaired) electrons. The summed E-state index contributed by atoms with van der Waals surface area (Å²) < 4.78 is 0. The van der Waals surface area contributed by atoms with Crippen LogP contribution in [0.4, 0.5) is 5.69 Å². The summed E-state index contributed by atoms with van der Waals surface area (Å²) in [5.41, 5.74) is 6.65. The maximum Gasteiger partial charge on any atom is 0.185 e. The van der Waals surface area contributed by atoms with E-state index in [1.54, 1.807) is 24.3 Å². The second kappa shape index (κ2) is 5.89. The molecule has 0 spiro atoms. The lowest BCUT2D eigenvalue weighted by molar-refractivity contribution is -0.109. The lowest BCUT2D eigenvalue weighted by Gasteiger charge is -2.17. The van der Waals surface area contributed by atoms with Gasteiger partial charge in [-0.1, -0.05) is 23.9 Å². The van der Waals surface area contributed by atoms with E-state index in [-0.39, 0.29) is 10.9 Å². The van der Waals surface area contributed by atoms with Gasteiger partial charge in [0.1, 0.15) is 6.10 Å². The number of rotatable bonds is 4. The number of hydrogen-bond donors (Lipinski definition) is 3. The summed E-state index contributed by atoms with van der Waals surface area (Å²) in [6.07, 6.45) is -1.99. The second-order valence-electron chi connectivity index (χ2n) is 3.48. The average Bonchev–Trinajstić information content (AvgIpc) is 2.24. The Labute approximate surface area is 98.5 Å². The van der Waals surface area contributed by atoms with Crippen LogP contribution in [0, 0.1) is 0 Å². The first kappa shape index (κ1) is 13.0. The predicted octanol–water partition coefficient (Wildman–Crippen LogP) is 0.943. The van der Waals surface area contributed by atoms with Crippen molar-refractivity contribution in [2.75, 3.05) is 11.5 Å². The van der Waals surface area contributed by atoms with Crippen LogP contribution in [0.25, 0.3) is 0 Å². The minimum Gasteiger partial charge on any atom is -0.399 e. The number of benzene rings is 1. The molecule has 1 aromatic rings. The molecule has 5 heteroatoms. The van der Waals surface area contributed by atoms with Crippen molar-refractivity contribution in [2.24, 2.45) is 0 Å². The number of nitrogen functional groups attached to an aromatic ring is 1. The summed E-state index contributed by atoms with van der Waals surface area (Å²) in [5.74, 6) is 0.172. The maximum atomic E-state index is 10.7. The molecule has 0 saturated heterocycles. The van der Waals surface area contributed by atoms with Gasteiger partial charge in [-0.15, -0.1) is 0 Å². The molecule has 0 aliphatic carbocycles. The first-order valence-corrected chi connectivity index (χ1v) is 5.84. The van der Waals surface area contributed by atoms with E-state index in [1.807, 2.05) is 0 Å². The fourth-order valence-electron chi connectivity index (χ4n) is 1.26. The number of hydrogen-bond acceptors (Lipinski definition) is 5. The van der Waals surface area contributed by atoms with E-state index in [0.717, 1.165) is 11.8 Å². The van der Waals surface area contributed by atoms with E-state index >= 15 is 0 Å².